The first-order valence-electron chi connectivity index (χ1n) is 5.07. The lowest BCUT2D eigenvalue weighted by molar-refractivity contribution is 0.611. The van der Waals surface area contributed by atoms with Crippen molar-refractivity contribution in [2.24, 2.45) is 0 Å². The van der Waals surface area contributed by atoms with Crippen LogP contribution >= 0.6 is 0 Å². The molecule has 1 aromatic heterocycles. The largest absolute Gasteiger partial charge is 0.311 e. The highest BCUT2D eigenvalue weighted by molar-refractivity contribution is 5.21. The van der Waals surface area contributed by atoms with E-state index in [-0.39, 0.29) is 5.56 Å². The van der Waals surface area contributed by atoms with Gasteiger partial charge in [0.1, 0.15) is 5.82 Å². The predicted molar refractivity (Wildman–Crippen MR) is 60.9 cm³/mol. The summed E-state index contributed by atoms with van der Waals surface area (Å²) in [6, 6.07) is 10.2. The van der Waals surface area contributed by atoms with Crippen molar-refractivity contribution in [2.75, 3.05) is 0 Å². The third kappa shape index (κ3) is 2.37. The number of aromatic nitrogens is 1. The van der Waals surface area contributed by atoms with Crippen LogP contribution in [0.25, 0.3) is 0 Å². The SMILES string of the molecule is Cc1ccc(Cn2ccc(F)cc2=O)cc1. The quantitative estimate of drug-likeness (QED) is 0.756. The van der Waals surface area contributed by atoms with Gasteiger partial charge in [-0.3, -0.25) is 4.79 Å². The van der Waals surface area contributed by atoms with Gasteiger partial charge in [0.2, 0.25) is 0 Å². The summed E-state index contributed by atoms with van der Waals surface area (Å²) in [6.45, 7) is 2.48. The predicted octanol–water partition coefficient (Wildman–Crippen LogP) is 2.34. The highest BCUT2D eigenvalue weighted by Gasteiger charge is 1.99. The molecule has 3 heteroatoms. The normalized spacial score (nSPS) is 10.4. The van der Waals surface area contributed by atoms with Crippen LogP contribution in [0.15, 0.2) is 47.4 Å². The van der Waals surface area contributed by atoms with E-state index in [0.29, 0.717) is 6.54 Å². The van der Waals surface area contributed by atoms with Crippen LogP contribution in [-0.4, -0.2) is 4.57 Å². The molecule has 1 aromatic carbocycles. The van der Waals surface area contributed by atoms with Gasteiger partial charge in [-0.25, -0.2) is 4.39 Å². The number of pyridine rings is 1. The van der Waals surface area contributed by atoms with Crippen molar-refractivity contribution in [3.63, 3.8) is 0 Å². The van der Waals surface area contributed by atoms with Crippen LogP contribution in [0.1, 0.15) is 11.1 Å². The van der Waals surface area contributed by atoms with Gasteiger partial charge in [0.15, 0.2) is 0 Å². The second-order valence-corrected chi connectivity index (χ2v) is 3.80. The monoisotopic (exact) mass is 217 g/mol. The van der Waals surface area contributed by atoms with Crippen molar-refractivity contribution in [1.29, 1.82) is 0 Å². The first-order valence-corrected chi connectivity index (χ1v) is 5.07. The molecule has 2 rings (SSSR count). The number of hydrogen-bond donors (Lipinski definition) is 0. The van der Waals surface area contributed by atoms with Gasteiger partial charge in [0.05, 0.1) is 6.54 Å². The highest BCUT2D eigenvalue weighted by atomic mass is 19.1. The van der Waals surface area contributed by atoms with E-state index in [1.165, 1.54) is 22.4 Å². The van der Waals surface area contributed by atoms with Gasteiger partial charge in [-0.2, -0.15) is 0 Å². The Morgan fingerprint density at radius 1 is 1.19 bits per heavy atom. The van der Waals surface area contributed by atoms with Gasteiger partial charge in [0.25, 0.3) is 5.56 Å². The van der Waals surface area contributed by atoms with Crippen molar-refractivity contribution in [3.05, 3.63) is 69.9 Å². The summed E-state index contributed by atoms with van der Waals surface area (Å²) in [5.41, 5.74) is 1.88. The fraction of sp³-hybridized carbons (Fsp3) is 0.154. The Balaban J connectivity index is 2.27. The van der Waals surface area contributed by atoms with E-state index >= 15 is 0 Å². The van der Waals surface area contributed by atoms with Crippen LogP contribution in [0.2, 0.25) is 0 Å². The Hall–Kier alpha value is -1.90. The molecule has 0 spiro atoms. The van der Waals surface area contributed by atoms with Crippen LogP contribution in [0, 0.1) is 12.7 Å². The van der Waals surface area contributed by atoms with Crippen molar-refractivity contribution in [2.45, 2.75) is 13.5 Å². The molecule has 82 valence electrons. The molecule has 2 aromatic rings. The summed E-state index contributed by atoms with van der Waals surface area (Å²) in [5.74, 6) is -0.495. The van der Waals surface area contributed by atoms with E-state index in [9.17, 15) is 9.18 Å². The van der Waals surface area contributed by atoms with Gasteiger partial charge in [0, 0.05) is 12.3 Å². The molecular weight excluding hydrogens is 205 g/mol. The minimum atomic E-state index is -0.495. The van der Waals surface area contributed by atoms with Crippen LogP contribution in [0.5, 0.6) is 0 Å². The molecular formula is C13H12FNO. The summed E-state index contributed by atoms with van der Waals surface area (Å²) in [7, 11) is 0. The Morgan fingerprint density at radius 2 is 1.88 bits per heavy atom. The molecule has 0 amide bonds. The van der Waals surface area contributed by atoms with Crippen molar-refractivity contribution < 1.29 is 4.39 Å². The molecule has 0 N–H and O–H groups in total. The molecule has 16 heavy (non-hydrogen) atoms. The first-order chi connectivity index (χ1) is 7.65. The Bertz CT molecular complexity index is 543. The highest BCUT2D eigenvalue weighted by Crippen LogP contribution is 2.04. The fourth-order valence-corrected chi connectivity index (χ4v) is 1.50. The molecule has 0 radical (unpaired) electrons. The van der Waals surface area contributed by atoms with E-state index in [0.717, 1.165) is 11.6 Å². The average molecular weight is 217 g/mol. The van der Waals surface area contributed by atoms with E-state index in [1.807, 2.05) is 31.2 Å². The Labute approximate surface area is 93.0 Å². The molecule has 1 heterocycles. The maximum absolute atomic E-state index is 12.7. The molecule has 2 nitrogen and oxygen atoms in total. The molecule has 0 saturated carbocycles. The van der Waals surface area contributed by atoms with Gasteiger partial charge in [-0.05, 0) is 18.6 Å². The minimum Gasteiger partial charge on any atom is -0.311 e. The lowest BCUT2D eigenvalue weighted by Crippen LogP contribution is -2.19. The molecule has 0 bridgehead atoms. The maximum Gasteiger partial charge on any atom is 0.253 e. The van der Waals surface area contributed by atoms with Crippen LogP contribution < -0.4 is 5.56 Å². The van der Waals surface area contributed by atoms with Crippen LogP contribution in [-0.2, 0) is 6.54 Å². The summed E-state index contributed by atoms with van der Waals surface area (Å²) >= 11 is 0. The number of aryl methyl sites for hydroxylation is 1. The Morgan fingerprint density at radius 3 is 2.50 bits per heavy atom. The molecule has 0 aliphatic heterocycles. The molecule has 0 atom stereocenters. The smallest absolute Gasteiger partial charge is 0.253 e. The van der Waals surface area contributed by atoms with E-state index < -0.39 is 5.82 Å². The van der Waals surface area contributed by atoms with E-state index in [2.05, 4.69) is 0 Å². The van der Waals surface area contributed by atoms with Gasteiger partial charge >= 0.3 is 0 Å². The lowest BCUT2D eigenvalue weighted by Gasteiger charge is -2.05. The van der Waals surface area contributed by atoms with Crippen molar-refractivity contribution in [1.82, 2.24) is 4.57 Å². The number of halogens is 1. The van der Waals surface area contributed by atoms with E-state index in [1.54, 1.807) is 0 Å². The standard InChI is InChI=1S/C13H12FNO/c1-10-2-4-11(5-3-10)9-15-7-6-12(14)8-13(15)16/h2-8H,9H2,1H3. The molecule has 0 aliphatic carbocycles. The zero-order valence-electron chi connectivity index (χ0n) is 8.98. The summed E-state index contributed by atoms with van der Waals surface area (Å²) in [6.07, 6.45) is 1.47. The minimum absolute atomic E-state index is 0.319. The van der Waals surface area contributed by atoms with Crippen LogP contribution in [0.4, 0.5) is 4.39 Å². The lowest BCUT2D eigenvalue weighted by atomic mass is 10.1. The third-order valence-electron chi connectivity index (χ3n) is 2.43. The van der Waals surface area contributed by atoms with Gasteiger partial charge in [-0.15, -0.1) is 0 Å². The number of rotatable bonds is 2. The van der Waals surface area contributed by atoms with Crippen LogP contribution in [0.3, 0.4) is 0 Å². The number of hydrogen-bond acceptors (Lipinski definition) is 1. The number of nitrogens with zero attached hydrogens (tertiary/aromatic N) is 1. The van der Waals surface area contributed by atoms with Crippen molar-refractivity contribution in [3.8, 4) is 0 Å². The maximum atomic E-state index is 12.7. The topological polar surface area (TPSA) is 22.0 Å². The summed E-state index contributed by atoms with van der Waals surface area (Å²) < 4.78 is 14.2. The Kier molecular flexibility index (Phi) is 2.86. The summed E-state index contributed by atoms with van der Waals surface area (Å²) in [4.78, 5) is 11.4. The second kappa shape index (κ2) is 4.31. The van der Waals surface area contributed by atoms with E-state index in [4.69, 9.17) is 0 Å². The second-order valence-electron chi connectivity index (χ2n) is 3.80. The summed E-state index contributed by atoms with van der Waals surface area (Å²) in [5, 5.41) is 0. The third-order valence-corrected chi connectivity index (χ3v) is 2.43. The zero-order chi connectivity index (χ0) is 11.5. The van der Waals surface area contributed by atoms with Gasteiger partial charge < -0.3 is 4.57 Å². The molecule has 0 fully saturated rings. The van der Waals surface area contributed by atoms with Gasteiger partial charge in [-0.1, -0.05) is 29.8 Å². The fourth-order valence-electron chi connectivity index (χ4n) is 1.50. The molecule has 0 saturated heterocycles. The molecule has 0 unspecified atom stereocenters. The average Bonchev–Trinajstić information content (AvgIpc) is 2.25. The molecule has 0 aliphatic rings. The first kappa shape index (κ1) is 10.6. The number of benzene rings is 1. The van der Waals surface area contributed by atoms with Crippen molar-refractivity contribution >= 4 is 0 Å². The zero-order valence-corrected chi connectivity index (χ0v) is 8.98.